The van der Waals surface area contributed by atoms with Crippen LogP contribution in [-0.4, -0.2) is 180 Å². The van der Waals surface area contributed by atoms with Gasteiger partial charge >= 0.3 is 147 Å². The molecule has 0 radical (unpaired) electrons. The minimum absolute atomic E-state index is 0. The molecule has 2 N–H and O–H groups in total. The van der Waals surface area contributed by atoms with Crippen molar-refractivity contribution >= 4 is 147 Å². The van der Waals surface area contributed by atoms with E-state index in [0.29, 0.717) is 0 Å². The van der Waals surface area contributed by atoms with Crippen molar-refractivity contribution in [3.8, 4) is 0 Å². The molecule has 0 aliphatic rings. The zero-order valence-corrected chi connectivity index (χ0v) is 40.5. The molecule has 0 atom stereocenters. The second-order valence-electron chi connectivity index (χ2n) is 12.1. The van der Waals surface area contributed by atoms with E-state index in [-0.39, 0.29) is 158 Å². The van der Waals surface area contributed by atoms with Crippen molar-refractivity contribution in [2.75, 3.05) is 0 Å². The van der Waals surface area contributed by atoms with E-state index in [0.717, 1.165) is 25.7 Å². The molecule has 216 valence electrons. The number of rotatable bonds is 12. The molecule has 0 amide bonds. The molecular weight excluding hydrogens is 844 g/mol. The summed E-state index contributed by atoms with van der Waals surface area (Å²) in [7, 11) is 0. The van der Waals surface area contributed by atoms with Crippen molar-refractivity contribution < 1.29 is 31.4 Å². The Labute approximate surface area is 353 Å². The molecule has 6 nitrogen and oxygen atoms in total. The van der Waals surface area contributed by atoms with E-state index in [9.17, 15) is 20.4 Å². The third-order valence-corrected chi connectivity index (χ3v) is 3.76. The molecule has 0 spiro atoms. The summed E-state index contributed by atoms with van der Waals surface area (Å²) < 4.78 is 0. The average Bonchev–Trinajstić information content (AvgIpc) is 2.50. The van der Waals surface area contributed by atoms with Gasteiger partial charge in [-0.15, -0.1) is 22.4 Å². The van der Waals surface area contributed by atoms with E-state index < -0.39 is 22.4 Å². The van der Waals surface area contributed by atoms with Crippen LogP contribution >= 0.6 is 0 Å². The van der Waals surface area contributed by atoms with Crippen molar-refractivity contribution in [2.24, 2.45) is 0 Å². The Morgan fingerprint density at radius 3 is 0.676 bits per heavy atom. The fraction of sp³-hybridized carbons (Fsp3) is 1.00. The molecule has 0 fully saturated rings. The maximum absolute atomic E-state index is 11.1. The summed E-state index contributed by atoms with van der Waals surface area (Å²) in [5.74, 6) is 0. The van der Waals surface area contributed by atoms with Gasteiger partial charge in [0.15, 0.2) is 0 Å². The minimum Gasteiger partial charge on any atom is -0.870 e. The number of hydrogen-bond acceptors (Lipinski definition) is 6. The molecule has 0 rings (SSSR count). The van der Waals surface area contributed by atoms with Gasteiger partial charge in [0, 0.05) is 0 Å². The van der Waals surface area contributed by atoms with Crippen LogP contribution in [0.5, 0.6) is 0 Å². The van der Waals surface area contributed by atoms with Gasteiger partial charge in [0.1, 0.15) is 0 Å². The van der Waals surface area contributed by atoms with Crippen molar-refractivity contribution in [3.63, 3.8) is 0 Å². The Morgan fingerprint density at radius 2 is 0.541 bits per heavy atom. The van der Waals surface area contributed by atoms with Gasteiger partial charge < -0.3 is 31.4 Å². The Morgan fingerprint density at radius 1 is 0.378 bits per heavy atom. The predicted molar refractivity (Wildman–Crippen MR) is 156 cm³/mol. The van der Waals surface area contributed by atoms with E-state index in [1.807, 2.05) is 0 Å². The predicted octanol–water partition coefficient (Wildman–Crippen LogP) is 3.77. The fourth-order valence-electron chi connectivity index (χ4n) is 2.31. The van der Waals surface area contributed by atoms with Crippen LogP contribution in [-0.2, 0) is 0 Å². The van der Waals surface area contributed by atoms with Crippen LogP contribution in [0.25, 0.3) is 0 Å². The molecule has 0 bridgehead atoms. The van der Waals surface area contributed by atoms with Crippen LogP contribution in [0.2, 0.25) is 0 Å². The van der Waals surface area contributed by atoms with Gasteiger partial charge in [0.2, 0.25) is 0 Å². The standard InChI is InChI=1S/2C10H21O.2C4H9O.3Ba.2H2O/c2*1-4-5-6-7-8-9-10(2,3)11;2*1-4(2,3)5;;;;;/h2*4-9H2,1-3H3;2*1-3H3;;;;2*1H2/q4*-1;3*+2;;/p-2. The van der Waals surface area contributed by atoms with E-state index in [1.165, 1.54) is 51.4 Å². The molecule has 0 aromatic rings. The third kappa shape index (κ3) is 143. The molecule has 0 aliphatic carbocycles. The van der Waals surface area contributed by atoms with Crippen LogP contribution < -0.4 is 20.4 Å². The van der Waals surface area contributed by atoms with E-state index in [2.05, 4.69) is 13.8 Å². The second kappa shape index (κ2) is 38.5. The van der Waals surface area contributed by atoms with Crippen molar-refractivity contribution in [3.05, 3.63) is 0 Å². The topological polar surface area (TPSA) is 152 Å². The molecule has 0 saturated carbocycles. The first kappa shape index (κ1) is 64.4. The third-order valence-electron chi connectivity index (χ3n) is 3.76. The normalized spacial score (nSPS) is 10.4. The Kier molecular flexibility index (Phi) is 67.0. The monoisotopic (exact) mass is 908 g/mol. The molecule has 0 saturated heterocycles. The van der Waals surface area contributed by atoms with Crippen molar-refractivity contribution in [1.82, 2.24) is 0 Å². The minimum atomic E-state index is -0.750. The summed E-state index contributed by atoms with van der Waals surface area (Å²) in [6.45, 7) is 21.3. The van der Waals surface area contributed by atoms with E-state index in [1.54, 1.807) is 69.2 Å². The Bertz CT molecular complexity index is 324. The summed E-state index contributed by atoms with van der Waals surface area (Å²) in [6.07, 6.45) is 14.1. The zero-order valence-electron chi connectivity index (χ0n) is 27.1. The van der Waals surface area contributed by atoms with Gasteiger partial charge in [-0.05, 0) is 0 Å². The first-order chi connectivity index (χ1) is 14.1. The summed E-state index contributed by atoms with van der Waals surface area (Å²) in [6, 6.07) is 0. The zero-order chi connectivity index (χ0) is 26.5. The summed E-state index contributed by atoms with van der Waals surface area (Å²) in [5.41, 5.74) is -2.90. The van der Waals surface area contributed by atoms with Gasteiger partial charge in [-0.2, -0.15) is 0 Å². The molecule has 0 aromatic heterocycles. The SMILES string of the molecule is CC(C)(C)[O-].CC(C)(C)[O-].CCCCCCCC(C)(C)[O-].CCCCCCCC(C)(C)[O-].[Ba+2].[Ba+2].[Ba+2].[OH-].[OH-]. The summed E-state index contributed by atoms with van der Waals surface area (Å²) in [4.78, 5) is 0. The van der Waals surface area contributed by atoms with Gasteiger partial charge in [-0.3, -0.25) is 0 Å². The molecule has 37 heavy (non-hydrogen) atoms. The number of hydrogen-bond donors (Lipinski definition) is 0. The van der Waals surface area contributed by atoms with Crippen molar-refractivity contribution in [1.29, 1.82) is 0 Å². The van der Waals surface area contributed by atoms with Gasteiger partial charge in [0.25, 0.3) is 0 Å². The molecule has 0 aliphatic heterocycles. The molecule has 0 unspecified atom stereocenters. The van der Waals surface area contributed by atoms with Crippen LogP contribution in [0, 0.1) is 0 Å². The number of unbranched alkanes of at least 4 members (excludes halogenated alkanes) is 8. The van der Waals surface area contributed by atoms with Crippen molar-refractivity contribution in [2.45, 2.75) is 183 Å². The maximum Gasteiger partial charge on any atom is 2.00 e. The quantitative estimate of drug-likeness (QED) is 0.215. The maximum atomic E-state index is 11.1. The van der Waals surface area contributed by atoms with Crippen LogP contribution in [0.1, 0.15) is 160 Å². The molecular formula is C28H62Ba3O6. The van der Waals surface area contributed by atoms with Crippen LogP contribution in [0.3, 0.4) is 0 Å². The summed E-state index contributed by atoms with van der Waals surface area (Å²) in [5, 5.41) is 42.5. The molecule has 0 aromatic carbocycles. The van der Waals surface area contributed by atoms with E-state index >= 15 is 0 Å². The second-order valence-corrected chi connectivity index (χ2v) is 12.1. The largest absolute Gasteiger partial charge is 2.00 e. The van der Waals surface area contributed by atoms with Gasteiger partial charge in [-0.1, -0.05) is 160 Å². The molecule has 9 heteroatoms. The fourth-order valence-corrected chi connectivity index (χ4v) is 2.31. The first-order valence-corrected chi connectivity index (χ1v) is 12.9. The molecule has 0 heterocycles. The van der Waals surface area contributed by atoms with Crippen LogP contribution in [0.15, 0.2) is 0 Å². The summed E-state index contributed by atoms with van der Waals surface area (Å²) >= 11 is 0. The van der Waals surface area contributed by atoms with Gasteiger partial charge in [-0.25, -0.2) is 0 Å². The Balaban J connectivity index is -0.0000000408. The van der Waals surface area contributed by atoms with Gasteiger partial charge in [0.05, 0.1) is 0 Å². The Hall–Kier alpha value is 4.47. The van der Waals surface area contributed by atoms with E-state index in [4.69, 9.17) is 0 Å². The smallest absolute Gasteiger partial charge is 0.870 e. The van der Waals surface area contributed by atoms with Crippen LogP contribution in [0.4, 0.5) is 0 Å². The first-order valence-electron chi connectivity index (χ1n) is 12.9. The average molecular weight is 907 g/mol.